The predicted octanol–water partition coefficient (Wildman–Crippen LogP) is 2.44. The molecule has 0 bridgehead atoms. The van der Waals surface area contributed by atoms with E-state index in [1.807, 2.05) is 0 Å². The Balaban J connectivity index is 2.21. The van der Waals surface area contributed by atoms with E-state index in [9.17, 15) is 9.18 Å². The first-order valence-corrected chi connectivity index (χ1v) is 6.28. The topological polar surface area (TPSA) is 47.8 Å². The van der Waals surface area contributed by atoms with Crippen LogP contribution in [-0.2, 0) is 0 Å². The van der Waals surface area contributed by atoms with Crippen LogP contribution >= 0.6 is 0 Å². The van der Waals surface area contributed by atoms with Crippen LogP contribution in [0.25, 0.3) is 11.2 Å². The molecule has 2 aromatic rings. The summed E-state index contributed by atoms with van der Waals surface area (Å²) in [6.45, 7) is 0. The Hall–Kier alpha value is -1.78. The Morgan fingerprint density at radius 3 is 2.67 bits per heavy atom. The lowest BCUT2D eigenvalue weighted by atomic mass is 9.95. The van der Waals surface area contributed by atoms with Crippen LogP contribution in [0.4, 0.5) is 4.39 Å². The van der Waals surface area contributed by atoms with Crippen molar-refractivity contribution in [3.05, 3.63) is 34.6 Å². The molecule has 2 aromatic heterocycles. The monoisotopic (exact) mass is 247 g/mol. The van der Waals surface area contributed by atoms with Gasteiger partial charge in [-0.25, -0.2) is 14.4 Å². The van der Waals surface area contributed by atoms with E-state index >= 15 is 0 Å². The highest BCUT2D eigenvalue weighted by molar-refractivity contribution is 5.69. The third-order valence-corrected chi connectivity index (χ3v) is 3.55. The van der Waals surface area contributed by atoms with Crippen molar-refractivity contribution in [2.75, 3.05) is 0 Å². The molecule has 4 nitrogen and oxygen atoms in total. The number of aromatic nitrogens is 3. The maximum atomic E-state index is 13.3. The Kier molecular flexibility index (Phi) is 2.81. The second-order valence-electron chi connectivity index (χ2n) is 4.75. The van der Waals surface area contributed by atoms with E-state index < -0.39 is 5.82 Å². The van der Waals surface area contributed by atoms with Gasteiger partial charge >= 0.3 is 0 Å². The molecule has 94 valence electrons. The highest BCUT2D eigenvalue weighted by atomic mass is 19.1. The fourth-order valence-corrected chi connectivity index (χ4v) is 2.71. The summed E-state index contributed by atoms with van der Waals surface area (Å²) < 4.78 is 15.0. The third kappa shape index (κ3) is 1.89. The maximum Gasteiger partial charge on any atom is 0.269 e. The Morgan fingerprint density at radius 1 is 1.17 bits per heavy atom. The molecule has 1 fully saturated rings. The Labute approximate surface area is 103 Å². The molecular formula is C13H14FN3O. The molecule has 0 radical (unpaired) electrons. The molecule has 5 heteroatoms. The number of nitrogens with zero attached hydrogens (tertiary/aromatic N) is 3. The molecule has 18 heavy (non-hydrogen) atoms. The molecule has 2 heterocycles. The molecule has 0 unspecified atom stereocenters. The van der Waals surface area contributed by atoms with Crippen molar-refractivity contribution in [2.45, 2.75) is 38.1 Å². The van der Waals surface area contributed by atoms with Gasteiger partial charge in [0.15, 0.2) is 5.65 Å². The van der Waals surface area contributed by atoms with Gasteiger partial charge in [0.05, 0.1) is 17.9 Å². The lowest BCUT2D eigenvalue weighted by Gasteiger charge is -2.24. The van der Waals surface area contributed by atoms with Gasteiger partial charge < -0.3 is 4.57 Å². The van der Waals surface area contributed by atoms with Crippen molar-refractivity contribution in [3.63, 3.8) is 0 Å². The summed E-state index contributed by atoms with van der Waals surface area (Å²) in [5.41, 5.74) is 0.776. The number of halogens is 1. The average molecular weight is 247 g/mol. The molecular weight excluding hydrogens is 233 g/mol. The van der Waals surface area contributed by atoms with E-state index in [-0.39, 0.29) is 11.6 Å². The smallest absolute Gasteiger partial charge is 0.269 e. The Morgan fingerprint density at radius 2 is 1.89 bits per heavy atom. The zero-order valence-electron chi connectivity index (χ0n) is 9.97. The van der Waals surface area contributed by atoms with Gasteiger partial charge in [0.2, 0.25) is 0 Å². The maximum absolute atomic E-state index is 13.3. The highest BCUT2D eigenvalue weighted by Gasteiger charge is 2.19. The second-order valence-corrected chi connectivity index (χ2v) is 4.75. The fraction of sp³-hybridized carbons (Fsp3) is 0.462. The first kappa shape index (κ1) is 11.3. The molecule has 3 rings (SSSR count). The van der Waals surface area contributed by atoms with E-state index in [0.29, 0.717) is 11.2 Å². The van der Waals surface area contributed by atoms with Crippen molar-refractivity contribution in [1.29, 1.82) is 0 Å². The number of pyridine rings is 1. The first-order valence-electron chi connectivity index (χ1n) is 6.28. The van der Waals surface area contributed by atoms with Crippen LogP contribution in [0.15, 0.2) is 23.3 Å². The summed E-state index contributed by atoms with van der Waals surface area (Å²) in [4.78, 5) is 19.9. The SMILES string of the molecule is O=c1cnc2ncc(F)cc2n1C1CCCCC1. The molecule has 0 amide bonds. The summed E-state index contributed by atoms with van der Waals surface area (Å²) in [6.07, 6.45) is 7.78. The van der Waals surface area contributed by atoms with Gasteiger partial charge in [0.25, 0.3) is 5.56 Å². The second kappa shape index (κ2) is 4.48. The first-order chi connectivity index (χ1) is 8.75. The van der Waals surface area contributed by atoms with Crippen LogP contribution in [0.5, 0.6) is 0 Å². The van der Waals surface area contributed by atoms with Crippen molar-refractivity contribution < 1.29 is 4.39 Å². The van der Waals surface area contributed by atoms with Crippen LogP contribution in [0.1, 0.15) is 38.1 Å². The van der Waals surface area contributed by atoms with E-state index in [0.717, 1.165) is 31.9 Å². The number of hydrogen-bond acceptors (Lipinski definition) is 3. The predicted molar refractivity (Wildman–Crippen MR) is 65.9 cm³/mol. The van der Waals surface area contributed by atoms with Gasteiger partial charge in [-0.15, -0.1) is 0 Å². The molecule has 1 aliphatic rings. The van der Waals surface area contributed by atoms with Gasteiger partial charge in [-0.1, -0.05) is 19.3 Å². The van der Waals surface area contributed by atoms with Gasteiger partial charge in [0.1, 0.15) is 5.82 Å². The summed E-state index contributed by atoms with van der Waals surface area (Å²) in [7, 11) is 0. The van der Waals surface area contributed by atoms with Crippen LogP contribution < -0.4 is 5.56 Å². The summed E-state index contributed by atoms with van der Waals surface area (Å²) >= 11 is 0. The molecule has 0 aromatic carbocycles. The van der Waals surface area contributed by atoms with E-state index in [4.69, 9.17) is 0 Å². The molecule has 0 spiro atoms. The molecule has 1 aliphatic carbocycles. The lowest BCUT2D eigenvalue weighted by molar-refractivity contribution is 0.353. The van der Waals surface area contributed by atoms with E-state index in [1.165, 1.54) is 18.7 Å². The van der Waals surface area contributed by atoms with Crippen LogP contribution in [0.2, 0.25) is 0 Å². The zero-order valence-corrected chi connectivity index (χ0v) is 9.97. The van der Waals surface area contributed by atoms with Gasteiger partial charge in [-0.2, -0.15) is 0 Å². The summed E-state index contributed by atoms with van der Waals surface area (Å²) in [5, 5.41) is 0. The Bertz CT molecular complexity index is 632. The molecule has 0 N–H and O–H groups in total. The number of hydrogen-bond donors (Lipinski definition) is 0. The van der Waals surface area contributed by atoms with Gasteiger partial charge in [-0.05, 0) is 12.8 Å². The van der Waals surface area contributed by atoms with E-state index in [1.54, 1.807) is 4.57 Å². The molecule has 0 saturated heterocycles. The highest BCUT2D eigenvalue weighted by Crippen LogP contribution is 2.28. The standard InChI is InChI=1S/C13H14FN3O/c14-9-6-11-13(15-7-9)16-8-12(18)17(11)10-4-2-1-3-5-10/h6-8,10H,1-5H2. The average Bonchev–Trinajstić information content (AvgIpc) is 2.39. The number of rotatable bonds is 1. The summed E-state index contributed by atoms with van der Waals surface area (Å²) in [6, 6.07) is 1.51. The van der Waals surface area contributed by atoms with Gasteiger partial charge in [-0.3, -0.25) is 4.79 Å². The minimum Gasteiger partial charge on any atom is -0.301 e. The largest absolute Gasteiger partial charge is 0.301 e. The van der Waals surface area contributed by atoms with Crippen molar-refractivity contribution in [3.8, 4) is 0 Å². The third-order valence-electron chi connectivity index (χ3n) is 3.55. The van der Waals surface area contributed by atoms with Crippen molar-refractivity contribution >= 4 is 11.2 Å². The molecule has 0 atom stereocenters. The van der Waals surface area contributed by atoms with E-state index in [2.05, 4.69) is 9.97 Å². The minimum atomic E-state index is -0.431. The normalized spacial score (nSPS) is 17.2. The fourth-order valence-electron chi connectivity index (χ4n) is 2.71. The molecule has 0 aliphatic heterocycles. The van der Waals surface area contributed by atoms with Crippen molar-refractivity contribution in [2.24, 2.45) is 0 Å². The van der Waals surface area contributed by atoms with Gasteiger partial charge in [0, 0.05) is 12.1 Å². The zero-order chi connectivity index (χ0) is 12.5. The lowest BCUT2D eigenvalue weighted by Crippen LogP contribution is -2.27. The van der Waals surface area contributed by atoms with Crippen LogP contribution in [0, 0.1) is 5.82 Å². The van der Waals surface area contributed by atoms with Crippen LogP contribution in [-0.4, -0.2) is 14.5 Å². The molecule has 1 saturated carbocycles. The number of fused-ring (bicyclic) bond motifs is 1. The van der Waals surface area contributed by atoms with Crippen molar-refractivity contribution in [1.82, 2.24) is 14.5 Å². The minimum absolute atomic E-state index is 0.153. The quantitative estimate of drug-likeness (QED) is 0.777. The summed E-state index contributed by atoms with van der Waals surface area (Å²) in [5.74, 6) is -0.431. The van der Waals surface area contributed by atoms with Crippen LogP contribution in [0.3, 0.4) is 0 Å².